The lowest BCUT2D eigenvalue weighted by Crippen LogP contribution is -2.25. The SMILES string of the molecule is O=C(Oc1cccc(Br)c1)C1(c2ccc(Cl)cc2)CC1. The van der Waals surface area contributed by atoms with Crippen molar-refractivity contribution in [1.82, 2.24) is 0 Å². The van der Waals surface area contributed by atoms with Crippen molar-refractivity contribution in [1.29, 1.82) is 0 Å². The molecule has 0 saturated heterocycles. The maximum absolute atomic E-state index is 12.4. The third-order valence-corrected chi connectivity index (χ3v) is 4.29. The average molecular weight is 352 g/mol. The first-order chi connectivity index (χ1) is 9.60. The maximum atomic E-state index is 12.4. The van der Waals surface area contributed by atoms with Crippen molar-refractivity contribution in [3.63, 3.8) is 0 Å². The number of benzene rings is 2. The Labute approximate surface area is 130 Å². The van der Waals surface area contributed by atoms with Gasteiger partial charge in [0.1, 0.15) is 5.75 Å². The Morgan fingerprint density at radius 1 is 1.15 bits per heavy atom. The molecule has 0 atom stereocenters. The van der Waals surface area contributed by atoms with Crippen LogP contribution in [0.15, 0.2) is 53.0 Å². The number of carbonyl (C=O) groups excluding carboxylic acids is 1. The van der Waals surface area contributed by atoms with E-state index in [0.29, 0.717) is 10.8 Å². The summed E-state index contributed by atoms with van der Waals surface area (Å²) in [6.07, 6.45) is 1.64. The Morgan fingerprint density at radius 3 is 2.45 bits per heavy atom. The summed E-state index contributed by atoms with van der Waals surface area (Å²) < 4.78 is 6.39. The van der Waals surface area contributed by atoms with Gasteiger partial charge in [0.2, 0.25) is 0 Å². The number of hydrogen-bond acceptors (Lipinski definition) is 2. The topological polar surface area (TPSA) is 26.3 Å². The molecule has 2 aromatic rings. The summed E-state index contributed by atoms with van der Waals surface area (Å²) in [5.74, 6) is 0.363. The molecule has 0 bridgehead atoms. The molecule has 2 nitrogen and oxygen atoms in total. The van der Waals surface area contributed by atoms with Crippen LogP contribution >= 0.6 is 27.5 Å². The highest BCUT2D eigenvalue weighted by atomic mass is 79.9. The molecule has 2 aromatic carbocycles. The second-order valence-corrected chi connectivity index (χ2v) is 6.29. The number of hydrogen-bond donors (Lipinski definition) is 0. The van der Waals surface area contributed by atoms with Crippen LogP contribution < -0.4 is 4.74 Å². The third-order valence-electron chi connectivity index (χ3n) is 3.54. The van der Waals surface area contributed by atoms with Gasteiger partial charge < -0.3 is 4.74 Å². The standard InChI is InChI=1S/C16H12BrClO2/c17-12-2-1-3-14(10-12)20-15(19)16(8-9-16)11-4-6-13(18)7-5-11/h1-7,10H,8-9H2. The first kappa shape index (κ1) is 13.7. The molecule has 1 aliphatic rings. The van der Waals surface area contributed by atoms with Crippen LogP contribution in [0.25, 0.3) is 0 Å². The van der Waals surface area contributed by atoms with Crippen molar-refractivity contribution in [3.05, 3.63) is 63.6 Å². The fourth-order valence-electron chi connectivity index (χ4n) is 2.24. The maximum Gasteiger partial charge on any atom is 0.321 e. The van der Waals surface area contributed by atoms with Crippen molar-refractivity contribution in [2.75, 3.05) is 0 Å². The highest BCUT2D eigenvalue weighted by Gasteiger charge is 2.53. The number of ether oxygens (including phenoxy) is 1. The largest absolute Gasteiger partial charge is 0.426 e. The zero-order valence-corrected chi connectivity index (χ0v) is 12.9. The highest BCUT2D eigenvalue weighted by Crippen LogP contribution is 2.49. The molecule has 0 aromatic heterocycles. The van der Waals surface area contributed by atoms with Crippen LogP contribution in [-0.2, 0) is 10.2 Å². The van der Waals surface area contributed by atoms with Crippen molar-refractivity contribution in [2.45, 2.75) is 18.3 Å². The van der Waals surface area contributed by atoms with Crippen LogP contribution in [0, 0.1) is 0 Å². The van der Waals surface area contributed by atoms with E-state index in [0.717, 1.165) is 22.9 Å². The van der Waals surface area contributed by atoms with Gasteiger partial charge in [0.05, 0.1) is 5.41 Å². The molecule has 0 spiro atoms. The molecule has 0 radical (unpaired) electrons. The highest BCUT2D eigenvalue weighted by molar-refractivity contribution is 9.10. The molecular formula is C16H12BrClO2. The molecule has 0 aliphatic heterocycles. The van der Waals surface area contributed by atoms with Gasteiger partial charge in [0, 0.05) is 9.50 Å². The molecule has 20 heavy (non-hydrogen) atoms. The Balaban J connectivity index is 1.81. The van der Waals surface area contributed by atoms with E-state index in [9.17, 15) is 4.79 Å². The van der Waals surface area contributed by atoms with E-state index in [1.165, 1.54) is 0 Å². The van der Waals surface area contributed by atoms with E-state index in [1.54, 1.807) is 12.1 Å². The summed E-state index contributed by atoms with van der Waals surface area (Å²) in [6.45, 7) is 0. The molecule has 4 heteroatoms. The lowest BCUT2D eigenvalue weighted by Gasteiger charge is -2.15. The normalized spacial score (nSPS) is 15.7. The Kier molecular flexibility index (Phi) is 3.57. The van der Waals surface area contributed by atoms with Gasteiger partial charge in [-0.05, 0) is 48.7 Å². The Morgan fingerprint density at radius 2 is 1.85 bits per heavy atom. The number of esters is 1. The van der Waals surface area contributed by atoms with E-state index in [1.807, 2.05) is 36.4 Å². The fraction of sp³-hybridized carbons (Fsp3) is 0.188. The van der Waals surface area contributed by atoms with Crippen molar-refractivity contribution >= 4 is 33.5 Å². The van der Waals surface area contributed by atoms with Gasteiger partial charge in [-0.2, -0.15) is 0 Å². The van der Waals surface area contributed by atoms with E-state index in [2.05, 4.69) is 15.9 Å². The van der Waals surface area contributed by atoms with Crippen LogP contribution in [-0.4, -0.2) is 5.97 Å². The summed E-state index contributed by atoms with van der Waals surface area (Å²) >= 11 is 9.25. The molecule has 1 saturated carbocycles. The molecule has 0 heterocycles. The molecule has 0 amide bonds. The minimum atomic E-state index is -0.493. The molecule has 3 rings (SSSR count). The van der Waals surface area contributed by atoms with Crippen molar-refractivity contribution < 1.29 is 9.53 Å². The minimum absolute atomic E-state index is 0.196. The van der Waals surface area contributed by atoms with Gasteiger partial charge >= 0.3 is 5.97 Å². The second-order valence-electron chi connectivity index (χ2n) is 4.94. The van der Waals surface area contributed by atoms with Crippen LogP contribution in [0.1, 0.15) is 18.4 Å². The number of carbonyl (C=O) groups is 1. The van der Waals surface area contributed by atoms with Crippen LogP contribution in [0.4, 0.5) is 0 Å². The fourth-order valence-corrected chi connectivity index (χ4v) is 2.74. The first-order valence-corrected chi connectivity index (χ1v) is 7.51. The summed E-state index contributed by atoms with van der Waals surface area (Å²) in [4.78, 5) is 12.4. The summed E-state index contributed by atoms with van der Waals surface area (Å²) in [7, 11) is 0. The zero-order valence-electron chi connectivity index (χ0n) is 10.6. The molecule has 0 unspecified atom stereocenters. The lowest BCUT2D eigenvalue weighted by atomic mass is 9.96. The zero-order chi connectivity index (χ0) is 14.2. The van der Waals surface area contributed by atoms with Crippen LogP contribution in [0.2, 0.25) is 5.02 Å². The Bertz CT molecular complexity index is 648. The third kappa shape index (κ3) is 2.60. The monoisotopic (exact) mass is 350 g/mol. The van der Waals surface area contributed by atoms with E-state index in [4.69, 9.17) is 16.3 Å². The van der Waals surface area contributed by atoms with Gasteiger partial charge in [-0.15, -0.1) is 0 Å². The average Bonchev–Trinajstić information content (AvgIpc) is 3.21. The minimum Gasteiger partial charge on any atom is -0.426 e. The second kappa shape index (κ2) is 5.23. The van der Waals surface area contributed by atoms with Gasteiger partial charge in [-0.1, -0.05) is 45.7 Å². The summed E-state index contributed by atoms with van der Waals surface area (Å²) in [5.41, 5.74) is 0.481. The van der Waals surface area contributed by atoms with Crippen LogP contribution in [0.5, 0.6) is 5.75 Å². The van der Waals surface area contributed by atoms with Gasteiger partial charge in [-0.3, -0.25) is 4.79 Å². The predicted octanol–water partition coefficient (Wildman–Crippen LogP) is 4.74. The predicted molar refractivity (Wildman–Crippen MR) is 82.1 cm³/mol. The van der Waals surface area contributed by atoms with Crippen LogP contribution in [0.3, 0.4) is 0 Å². The lowest BCUT2D eigenvalue weighted by molar-refractivity contribution is -0.137. The number of halogens is 2. The van der Waals surface area contributed by atoms with E-state index >= 15 is 0 Å². The van der Waals surface area contributed by atoms with Crippen molar-refractivity contribution in [3.8, 4) is 5.75 Å². The molecule has 102 valence electrons. The quantitative estimate of drug-likeness (QED) is 0.590. The smallest absolute Gasteiger partial charge is 0.321 e. The molecular weight excluding hydrogens is 340 g/mol. The molecule has 1 fully saturated rings. The Hall–Kier alpha value is -1.32. The van der Waals surface area contributed by atoms with E-state index in [-0.39, 0.29) is 5.97 Å². The van der Waals surface area contributed by atoms with Gasteiger partial charge in [0.15, 0.2) is 0 Å². The first-order valence-electron chi connectivity index (χ1n) is 6.34. The van der Waals surface area contributed by atoms with E-state index < -0.39 is 5.41 Å². The molecule has 1 aliphatic carbocycles. The molecule has 0 N–H and O–H groups in total. The summed E-state index contributed by atoms with van der Waals surface area (Å²) in [6, 6.07) is 14.7. The number of rotatable bonds is 3. The summed E-state index contributed by atoms with van der Waals surface area (Å²) in [5, 5.41) is 0.671. The van der Waals surface area contributed by atoms with Gasteiger partial charge in [-0.25, -0.2) is 0 Å². The van der Waals surface area contributed by atoms with Gasteiger partial charge in [0.25, 0.3) is 0 Å². The van der Waals surface area contributed by atoms with Crippen molar-refractivity contribution in [2.24, 2.45) is 0 Å².